The number of hydrogen-bond acceptors (Lipinski definition) is 5. The predicted octanol–water partition coefficient (Wildman–Crippen LogP) is 2.37. The molecule has 0 amide bonds. The highest BCUT2D eigenvalue weighted by Crippen LogP contribution is 2.33. The SMILES string of the molecule is C/C=C/COc1cc([N+](=O)[O-])c(C=O)cc1OC. The third-order valence-electron chi connectivity index (χ3n) is 2.21. The van der Waals surface area contributed by atoms with Crippen LogP contribution in [0.3, 0.4) is 0 Å². The molecule has 6 heteroatoms. The summed E-state index contributed by atoms with van der Waals surface area (Å²) in [6, 6.07) is 2.47. The van der Waals surface area contributed by atoms with Gasteiger partial charge in [-0.25, -0.2) is 0 Å². The van der Waals surface area contributed by atoms with Crippen LogP contribution in [0.1, 0.15) is 17.3 Å². The Morgan fingerprint density at radius 3 is 2.61 bits per heavy atom. The molecule has 0 saturated carbocycles. The smallest absolute Gasteiger partial charge is 0.283 e. The van der Waals surface area contributed by atoms with E-state index in [-0.39, 0.29) is 29.4 Å². The van der Waals surface area contributed by atoms with E-state index in [2.05, 4.69) is 0 Å². The minimum absolute atomic E-state index is 0.0461. The first-order valence-corrected chi connectivity index (χ1v) is 5.19. The highest BCUT2D eigenvalue weighted by Gasteiger charge is 2.19. The van der Waals surface area contributed by atoms with Crippen molar-refractivity contribution < 1.29 is 19.2 Å². The number of benzene rings is 1. The second-order valence-corrected chi connectivity index (χ2v) is 3.32. The summed E-state index contributed by atoms with van der Waals surface area (Å²) in [7, 11) is 1.40. The van der Waals surface area contributed by atoms with Gasteiger partial charge in [0.15, 0.2) is 17.8 Å². The molecule has 6 nitrogen and oxygen atoms in total. The number of nitro benzene ring substituents is 1. The summed E-state index contributed by atoms with van der Waals surface area (Å²) in [4.78, 5) is 20.9. The Labute approximate surface area is 104 Å². The Bertz CT molecular complexity index is 482. The first-order valence-electron chi connectivity index (χ1n) is 5.19. The molecule has 0 aliphatic carbocycles. The van der Waals surface area contributed by atoms with Crippen molar-refractivity contribution in [3.8, 4) is 11.5 Å². The fourth-order valence-electron chi connectivity index (χ4n) is 1.32. The molecule has 0 atom stereocenters. The first-order chi connectivity index (χ1) is 8.63. The highest BCUT2D eigenvalue weighted by atomic mass is 16.6. The van der Waals surface area contributed by atoms with Crippen LogP contribution in [0, 0.1) is 10.1 Å². The van der Waals surface area contributed by atoms with E-state index in [1.54, 1.807) is 12.2 Å². The molecular formula is C12H13NO5. The Morgan fingerprint density at radius 2 is 2.11 bits per heavy atom. The normalized spacial score (nSPS) is 10.3. The van der Waals surface area contributed by atoms with Gasteiger partial charge in [-0.2, -0.15) is 0 Å². The number of ether oxygens (including phenoxy) is 2. The number of carbonyl (C=O) groups excluding carboxylic acids is 1. The van der Waals surface area contributed by atoms with Crippen molar-refractivity contribution in [2.45, 2.75) is 6.92 Å². The predicted molar refractivity (Wildman–Crippen MR) is 65.3 cm³/mol. The van der Waals surface area contributed by atoms with Crippen LogP contribution in [0.15, 0.2) is 24.3 Å². The van der Waals surface area contributed by atoms with Gasteiger partial charge >= 0.3 is 0 Å². The standard InChI is InChI=1S/C12H13NO5/c1-3-4-5-18-12-7-10(13(15)16)9(8-14)6-11(12)17-2/h3-4,6-8H,5H2,1-2H3/b4-3+. The maximum Gasteiger partial charge on any atom is 0.283 e. The molecule has 0 N–H and O–H groups in total. The van der Waals surface area contributed by atoms with Gasteiger partial charge in [-0.1, -0.05) is 12.2 Å². The lowest BCUT2D eigenvalue weighted by atomic mass is 10.1. The fraction of sp³-hybridized carbons (Fsp3) is 0.250. The molecule has 0 spiro atoms. The van der Waals surface area contributed by atoms with E-state index in [1.165, 1.54) is 19.2 Å². The van der Waals surface area contributed by atoms with Crippen LogP contribution in [0.4, 0.5) is 5.69 Å². The first kappa shape index (κ1) is 13.7. The topological polar surface area (TPSA) is 78.7 Å². The molecule has 0 unspecified atom stereocenters. The van der Waals surface area contributed by atoms with Crippen LogP contribution in [0.5, 0.6) is 11.5 Å². The molecule has 0 heterocycles. The number of aldehydes is 1. The van der Waals surface area contributed by atoms with E-state index in [1.807, 2.05) is 6.92 Å². The van der Waals surface area contributed by atoms with Gasteiger partial charge in [-0.05, 0) is 6.92 Å². The molecule has 1 aromatic carbocycles. The zero-order chi connectivity index (χ0) is 13.5. The lowest BCUT2D eigenvalue weighted by Gasteiger charge is -2.09. The van der Waals surface area contributed by atoms with E-state index >= 15 is 0 Å². The van der Waals surface area contributed by atoms with Crippen LogP contribution in [0.25, 0.3) is 0 Å². The summed E-state index contributed by atoms with van der Waals surface area (Å²) in [5.41, 5.74) is -0.350. The highest BCUT2D eigenvalue weighted by molar-refractivity contribution is 5.83. The number of nitro groups is 1. The summed E-state index contributed by atoms with van der Waals surface area (Å²) in [5.74, 6) is 0.514. The van der Waals surface area contributed by atoms with Gasteiger partial charge in [0.1, 0.15) is 6.61 Å². The van der Waals surface area contributed by atoms with Crippen molar-refractivity contribution in [1.29, 1.82) is 0 Å². The van der Waals surface area contributed by atoms with Crippen molar-refractivity contribution in [3.63, 3.8) is 0 Å². The molecule has 0 aromatic heterocycles. The Kier molecular flexibility index (Phi) is 4.86. The quantitative estimate of drug-likeness (QED) is 0.335. The van der Waals surface area contributed by atoms with Crippen molar-refractivity contribution >= 4 is 12.0 Å². The average molecular weight is 251 g/mol. The second-order valence-electron chi connectivity index (χ2n) is 3.32. The van der Waals surface area contributed by atoms with Gasteiger partial charge < -0.3 is 9.47 Å². The van der Waals surface area contributed by atoms with E-state index in [9.17, 15) is 14.9 Å². The van der Waals surface area contributed by atoms with E-state index < -0.39 is 4.92 Å². The molecule has 0 radical (unpaired) electrons. The minimum Gasteiger partial charge on any atom is -0.493 e. The Hall–Kier alpha value is -2.37. The zero-order valence-corrected chi connectivity index (χ0v) is 10.1. The number of hydrogen-bond donors (Lipinski definition) is 0. The zero-order valence-electron chi connectivity index (χ0n) is 10.1. The molecule has 96 valence electrons. The van der Waals surface area contributed by atoms with Gasteiger partial charge in [0.05, 0.1) is 23.7 Å². The van der Waals surface area contributed by atoms with Crippen LogP contribution in [0.2, 0.25) is 0 Å². The van der Waals surface area contributed by atoms with Crippen LogP contribution in [-0.4, -0.2) is 24.9 Å². The average Bonchev–Trinajstić information content (AvgIpc) is 2.38. The van der Waals surface area contributed by atoms with Crippen molar-refractivity contribution in [3.05, 3.63) is 40.0 Å². The third kappa shape index (κ3) is 3.07. The summed E-state index contributed by atoms with van der Waals surface area (Å²) in [6.45, 7) is 2.10. The molecule has 1 rings (SSSR count). The van der Waals surface area contributed by atoms with Gasteiger partial charge in [-0.15, -0.1) is 0 Å². The lowest BCUT2D eigenvalue weighted by Crippen LogP contribution is -2.01. The van der Waals surface area contributed by atoms with Gasteiger partial charge in [0.2, 0.25) is 0 Å². The van der Waals surface area contributed by atoms with Crippen LogP contribution >= 0.6 is 0 Å². The molecule has 0 fully saturated rings. The molecule has 1 aromatic rings. The Balaban J connectivity index is 3.18. The van der Waals surface area contributed by atoms with E-state index in [0.29, 0.717) is 6.29 Å². The Morgan fingerprint density at radius 1 is 1.39 bits per heavy atom. The summed E-state index contributed by atoms with van der Waals surface area (Å²) >= 11 is 0. The van der Waals surface area contributed by atoms with Crippen molar-refractivity contribution in [2.75, 3.05) is 13.7 Å². The molecule has 0 bridgehead atoms. The second kappa shape index (κ2) is 6.39. The van der Waals surface area contributed by atoms with Gasteiger partial charge in [0.25, 0.3) is 5.69 Å². The molecular weight excluding hydrogens is 238 g/mol. The maximum atomic E-state index is 10.8. The fourth-order valence-corrected chi connectivity index (χ4v) is 1.32. The summed E-state index contributed by atoms with van der Waals surface area (Å²) < 4.78 is 10.3. The van der Waals surface area contributed by atoms with Crippen LogP contribution < -0.4 is 9.47 Å². The van der Waals surface area contributed by atoms with E-state index in [0.717, 1.165) is 0 Å². The minimum atomic E-state index is -0.633. The third-order valence-corrected chi connectivity index (χ3v) is 2.21. The van der Waals surface area contributed by atoms with Crippen molar-refractivity contribution in [2.24, 2.45) is 0 Å². The summed E-state index contributed by atoms with van der Waals surface area (Å²) in [5, 5.41) is 10.8. The number of nitrogens with zero attached hydrogens (tertiary/aromatic N) is 1. The van der Waals surface area contributed by atoms with E-state index in [4.69, 9.17) is 9.47 Å². The number of allylic oxidation sites excluding steroid dienone is 1. The number of methoxy groups -OCH3 is 1. The largest absolute Gasteiger partial charge is 0.493 e. The number of carbonyl (C=O) groups is 1. The van der Waals surface area contributed by atoms with Gasteiger partial charge in [-0.3, -0.25) is 14.9 Å². The summed E-state index contributed by atoms with van der Waals surface area (Å²) in [6.07, 6.45) is 3.95. The molecule has 0 aliphatic heterocycles. The van der Waals surface area contributed by atoms with Gasteiger partial charge in [0, 0.05) is 6.07 Å². The molecule has 18 heavy (non-hydrogen) atoms. The lowest BCUT2D eigenvalue weighted by molar-refractivity contribution is -0.385. The monoisotopic (exact) mass is 251 g/mol. The maximum absolute atomic E-state index is 10.8. The molecule has 0 aliphatic rings. The van der Waals surface area contributed by atoms with Crippen LogP contribution in [-0.2, 0) is 0 Å². The number of rotatable bonds is 6. The van der Waals surface area contributed by atoms with Crippen molar-refractivity contribution in [1.82, 2.24) is 0 Å². The molecule has 0 saturated heterocycles.